The first kappa shape index (κ1) is 24.0. The minimum absolute atomic E-state index is 0.215. The molecule has 0 radical (unpaired) electrons. The predicted molar refractivity (Wildman–Crippen MR) is 112 cm³/mol. The van der Waals surface area contributed by atoms with Crippen molar-refractivity contribution in [2.24, 2.45) is 11.7 Å². The van der Waals surface area contributed by atoms with Crippen LogP contribution in [0.15, 0.2) is 29.2 Å². The average Bonchev–Trinajstić information content (AvgIpc) is 2.73. The Hall–Kier alpha value is -1.61. The SMILES string of the molecule is NC(=O)CN(CC1CCC(S(=O)(=O)c2cccc(C(F)(F)F)c2)CC1)C1CCCCC1. The van der Waals surface area contributed by atoms with E-state index in [0.717, 1.165) is 43.9 Å². The van der Waals surface area contributed by atoms with E-state index in [0.29, 0.717) is 38.3 Å². The molecule has 2 aliphatic carbocycles. The van der Waals surface area contributed by atoms with Crippen LogP contribution in [0, 0.1) is 5.92 Å². The van der Waals surface area contributed by atoms with Crippen LogP contribution in [0.25, 0.3) is 0 Å². The van der Waals surface area contributed by atoms with Gasteiger partial charge in [-0.25, -0.2) is 8.42 Å². The molecular weight excluding hydrogens is 429 g/mol. The molecule has 1 aromatic rings. The lowest BCUT2D eigenvalue weighted by molar-refractivity contribution is -0.137. The van der Waals surface area contributed by atoms with Crippen molar-refractivity contribution < 1.29 is 26.4 Å². The summed E-state index contributed by atoms with van der Waals surface area (Å²) in [5.41, 5.74) is 4.50. The Kier molecular flexibility index (Phi) is 7.68. The zero-order chi connectivity index (χ0) is 22.6. The number of nitrogens with zero attached hydrogens (tertiary/aromatic N) is 1. The largest absolute Gasteiger partial charge is 0.416 e. The standard InChI is InChI=1S/C22H31F3N2O3S/c23-22(24,25)17-5-4-8-20(13-17)31(29,30)19-11-9-16(10-12-19)14-27(15-21(26)28)18-6-2-1-3-7-18/h4-5,8,13,16,18-19H,1-3,6-7,9-12,14-15H2,(H2,26,28). The second kappa shape index (κ2) is 9.90. The summed E-state index contributed by atoms with van der Waals surface area (Å²) >= 11 is 0. The van der Waals surface area contributed by atoms with E-state index in [9.17, 15) is 26.4 Å². The maximum absolute atomic E-state index is 13.0. The maximum atomic E-state index is 13.0. The third-order valence-electron chi connectivity index (χ3n) is 6.67. The van der Waals surface area contributed by atoms with Gasteiger partial charge < -0.3 is 5.73 Å². The second-order valence-electron chi connectivity index (χ2n) is 8.90. The number of benzene rings is 1. The van der Waals surface area contributed by atoms with Gasteiger partial charge in [-0.05, 0) is 62.6 Å². The number of sulfone groups is 1. The number of carbonyl (C=O) groups excluding carboxylic acids is 1. The Morgan fingerprint density at radius 3 is 2.26 bits per heavy atom. The van der Waals surface area contributed by atoms with Gasteiger partial charge in [0.2, 0.25) is 5.91 Å². The Balaban J connectivity index is 1.63. The van der Waals surface area contributed by atoms with E-state index in [1.807, 2.05) is 0 Å². The van der Waals surface area contributed by atoms with Crippen molar-refractivity contribution in [3.63, 3.8) is 0 Å². The fraction of sp³-hybridized carbons (Fsp3) is 0.682. The van der Waals surface area contributed by atoms with Crippen molar-refractivity contribution in [1.29, 1.82) is 0 Å². The molecule has 3 rings (SSSR count). The van der Waals surface area contributed by atoms with Gasteiger partial charge in [0.05, 0.1) is 22.3 Å². The van der Waals surface area contributed by atoms with Crippen molar-refractivity contribution in [3.05, 3.63) is 29.8 Å². The molecule has 9 heteroatoms. The van der Waals surface area contributed by atoms with Crippen LogP contribution in [0.5, 0.6) is 0 Å². The molecule has 2 aliphatic rings. The Morgan fingerprint density at radius 1 is 1.03 bits per heavy atom. The first-order chi connectivity index (χ1) is 14.6. The molecule has 2 N–H and O–H groups in total. The topological polar surface area (TPSA) is 80.5 Å². The molecule has 0 saturated heterocycles. The molecule has 5 nitrogen and oxygen atoms in total. The van der Waals surface area contributed by atoms with Gasteiger partial charge >= 0.3 is 6.18 Å². The lowest BCUT2D eigenvalue weighted by Crippen LogP contribution is -2.45. The highest BCUT2D eigenvalue weighted by atomic mass is 32.2. The minimum atomic E-state index is -4.58. The van der Waals surface area contributed by atoms with Crippen LogP contribution in [-0.2, 0) is 20.8 Å². The summed E-state index contributed by atoms with van der Waals surface area (Å²) in [6.07, 6.45) is 3.18. The summed E-state index contributed by atoms with van der Waals surface area (Å²) in [6.45, 7) is 0.928. The van der Waals surface area contributed by atoms with Crippen LogP contribution in [-0.4, -0.2) is 43.6 Å². The fourth-order valence-corrected chi connectivity index (χ4v) is 6.82. The third kappa shape index (κ3) is 6.22. The minimum Gasteiger partial charge on any atom is -0.369 e. The molecule has 31 heavy (non-hydrogen) atoms. The number of halogens is 3. The molecule has 2 fully saturated rings. The summed E-state index contributed by atoms with van der Waals surface area (Å²) in [4.78, 5) is 13.5. The van der Waals surface area contributed by atoms with Crippen molar-refractivity contribution in [1.82, 2.24) is 4.90 Å². The van der Waals surface area contributed by atoms with Gasteiger partial charge in [-0.3, -0.25) is 9.69 Å². The number of amides is 1. The van der Waals surface area contributed by atoms with E-state index in [-0.39, 0.29) is 23.3 Å². The van der Waals surface area contributed by atoms with Crippen molar-refractivity contribution in [2.45, 2.75) is 80.2 Å². The molecule has 1 amide bonds. The van der Waals surface area contributed by atoms with Gasteiger partial charge in [-0.15, -0.1) is 0 Å². The first-order valence-corrected chi connectivity index (χ1v) is 12.6. The number of hydrogen-bond acceptors (Lipinski definition) is 4. The molecule has 0 atom stereocenters. The number of hydrogen-bond donors (Lipinski definition) is 1. The van der Waals surface area contributed by atoms with Gasteiger partial charge in [-0.1, -0.05) is 25.3 Å². The summed E-state index contributed by atoms with van der Waals surface area (Å²) in [5, 5.41) is -0.675. The van der Waals surface area contributed by atoms with Crippen LogP contribution in [0.3, 0.4) is 0 Å². The first-order valence-electron chi connectivity index (χ1n) is 11.0. The number of rotatable bonds is 7. The number of carbonyl (C=O) groups is 1. The highest BCUT2D eigenvalue weighted by Gasteiger charge is 2.36. The van der Waals surface area contributed by atoms with Gasteiger partial charge in [0, 0.05) is 12.6 Å². The smallest absolute Gasteiger partial charge is 0.369 e. The molecule has 1 aromatic carbocycles. The monoisotopic (exact) mass is 460 g/mol. The summed E-state index contributed by atoms with van der Waals surface area (Å²) < 4.78 is 64.8. The summed E-state index contributed by atoms with van der Waals surface area (Å²) in [7, 11) is -3.82. The van der Waals surface area contributed by atoms with Gasteiger partial charge in [0.1, 0.15) is 0 Å². The zero-order valence-electron chi connectivity index (χ0n) is 17.6. The molecule has 0 heterocycles. The lowest BCUT2D eigenvalue weighted by atomic mass is 9.87. The van der Waals surface area contributed by atoms with E-state index in [4.69, 9.17) is 5.73 Å². The van der Waals surface area contributed by atoms with Crippen molar-refractivity contribution in [2.75, 3.05) is 13.1 Å². The van der Waals surface area contributed by atoms with E-state index >= 15 is 0 Å². The molecule has 0 spiro atoms. The van der Waals surface area contributed by atoms with Crippen LogP contribution >= 0.6 is 0 Å². The molecule has 0 unspecified atom stereocenters. The summed E-state index contributed by atoms with van der Waals surface area (Å²) in [5.74, 6) is -0.0966. The van der Waals surface area contributed by atoms with E-state index < -0.39 is 26.8 Å². The molecule has 0 bridgehead atoms. The lowest BCUT2D eigenvalue weighted by Gasteiger charge is -2.37. The average molecular weight is 461 g/mol. The van der Waals surface area contributed by atoms with E-state index in [1.165, 1.54) is 12.5 Å². The maximum Gasteiger partial charge on any atom is 0.416 e. The number of nitrogens with two attached hydrogens (primary N) is 1. The van der Waals surface area contributed by atoms with Gasteiger partial charge in [0.25, 0.3) is 0 Å². The van der Waals surface area contributed by atoms with Crippen LogP contribution in [0.4, 0.5) is 13.2 Å². The van der Waals surface area contributed by atoms with E-state index in [2.05, 4.69) is 4.90 Å². The summed E-state index contributed by atoms with van der Waals surface area (Å²) in [6, 6.07) is 4.35. The molecule has 0 aliphatic heterocycles. The van der Waals surface area contributed by atoms with Gasteiger partial charge in [-0.2, -0.15) is 13.2 Å². The molecule has 2 saturated carbocycles. The Labute approximate surface area is 182 Å². The van der Waals surface area contributed by atoms with E-state index in [1.54, 1.807) is 0 Å². The zero-order valence-corrected chi connectivity index (χ0v) is 18.4. The predicted octanol–water partition coefficient (Wildman–Crippen LogP) is 4.16. The number of alkyl halides is 3. The van der Waals surface area contributed by atoms with Gasteiger partial charge in [0.15, 0.2) is 9.84 Å². The molecular formula is C22H31F3N2O3S. The second-order valence-corrected chi connectivity index (χ2v) is 11.1. The third-order valence-corrected chi connectivity index (χ3v) is 8.93. The fourth-order valence-electron chi connectivity index (χ4n) is 4.99. The quantitative estimate of drug-likeness (QED) is 0.663. The number of primary amides is 1. The Morgan fingerprint density at radius 2 is 1.68 bits per heavy atom. The Bertz CT molecular complexity index is 859. The van der Waals surface area contributed by atoms with Crippen molar-refractivity contribution >= 4 is 15.7 Å². The highest BCUT2D eigenvalue weighted by Crippen LogP contribution is 2.36. The van der Waals surface area contributed by atoms with Crippen LogP contribution < -0.4 is 5.73 Å². The van der Waals surface area contributed by atoms with Crippen LogP contribution in [0.2, 0.25) is 0 Å². The van der Waals surface area contributed by atoms with Crippen LogP contribution in [0.1, 0.15) is 63.4 Å². The van der Waals surface area contributed by atoms with Crippen molar-refractivity contribution in [3.8, 4) is 0 Å². The molecule has 0 aromatic heterocycles. The molecule has 174 valence electrons. The highest BCUT2D eigenvalue weighted by molar-refractivity contribution is 7.92. The normalized spacial score (nSPS) is 23.7.